The predicted octanol–water partition coefficient (Wildman–Crippen LogP) is 5.71. The van der Waals surface area contributed by atoms with Crippen molar-refractivity contribution in [2.45, 2.75) is 57.0 Å². The first-order chi connectivity index (χ1) is 15.9. The molecule has 1 aliphatic rings. The second-order valence-electron chi connectivity index (χ2n) is 8.26. The van der Waals surface area contributed by atoms with E-state index in [1.165, 1.54) is 11.8 Å². The van der Waals surface area contributed by atoms with Gasteiger partial charge in [-0.1, -0.05) is 54.2 Å². The van der Waals surface area contributed by atoms with E-state index in [-0.39, 0.29) is 23.6 Å². The summed E-state index contributed by atoms with van der Waals surface area (Å²) >= 11 is 13.7. The summed E-state index contributed by atoms with van der Waals surface area (Å²) < 4.78 is 5.23. The molecular formula is C25H30Cl2N2O3S. The van der Waals surface area contributed by atoms with Gasteiger partial charge in [0.15, 0.2) is 0 Å². The molecular weight excluding hydrogens is 479 g/mol. The van der Waals surface area contributed by atoms with Crippen LogP contribution in [-0.4, -0.2) is 41.7 Å². The van der Waals surface area contributed by atoms with Crippen molar-refractivity contribution in [3.05, 3.63) is 63.6 Å². The van der Waals surface area contributed by atoms with E-state index in [4.69, 9.17) is 27.9 Å². The van der Waals surface area contributed by atoms with Crippen molar-refractivity contribution < 1.29 is 14.3 Å². The van der Waals surface area contributed by atoms with E-state index in [1.54, 1.807) is 31.1 Å². The molecule has 1 N–H and O–H groups in total. The normalized spacial score (nSPS) is 14.7. The monoisotopic (exact) mass is 508 g/mol. The number of carbonyl (C=O) groups is 2. The largest absolute Gasteiger partial charge is 0.497 e. The van der Waals surface area contributed by atoms with Crippen LogP contribution < -0.4 is 10.1 Å². The maximum atomic E-state index is 13.2. The van der Waals surface area contributed by atoms with Gasteiger partial charge in [0, 0.05) is 28.4 Å². The van der Waals surface area contributed by atoms with Crippen LogP contribution in [0.15, 0.2) is 42.5 Å². The Morgan fingerprint density at radius 3 is 2.48 bits per heavy atom. The Morgan fingerprint density at radius 1 is 1.15 bits per heavy atom. The molecule has 0 bridgehead atoms. The summed E-state index contributed by atoms with van der Waals surface area (Å²) in [6.07, 6.45) is 4.28. The zero-order valence-corrected chi connectivity index (χ0v) is 21.3. The number of hydrogen-bond acceptors (Lipinski definition) is 4. The van der Waals surface area contributed by atoms with Gasteiger partial charge in [0.2, 0.25) is 11.8 Å². The Morgan fingerprint density at radius 2 is 1.85 bits per heavy atom. The zero-order valence-electron chi connectivity index (χ0n) is 19.0. The Labute approximate surface area is 210 Å². The van der Waals surface area contributed by atoms with Crippen LogP contribution in [0.5, 0.6) is 5.75 Å². The number of methoxy groups -OCH3 is 1. The molecule has 8 heteroatoms. The van der Waals surface area contributed by atoms with Crippen LogP contribution in [0.25, 0.3) is 0 Å². The summed E-state index contributed by atoms with van der Waals surface area (Å²) in [4.78, 5) is 27.8. The van der Waals surface area contributed by atoms with E-state index >= 15 is 0 Å². The van der Waals surface area contributed by atoms with E-state index in [0.29, 0.717) is 22.3 Å². The smallest absolute Gasteiger partial charge is 0.242 e. The SMILES string of the molecule is COc1ccc(CN(C(=O)CSCc2ccc(Cl)cc2Cl)[C@@H](C)C(=O)NC2CCCC2)cc1. The van der Waals surface area contributed by atoms with Crippen LogP contribution >= 0.6 is 35.0 Å². The van der Waals surface area contributed by atoms with Gasteiger partial charge < -0.3 is 15.0 Å². The van der Waals surface area contributed by atoms with Crippen molar-refractivity contribution in [3.63, 3.8) is 0 Å². The Balaban J connectivity index is 1.66. The number of ether oxygens (including phenoxy) is 1. The molecule has 2 amide bonds. The van der Waals surface area contributed by atoms with E-state index in [2.05, 4.69) is 5.32 Å². The molecule has 0 saturated heterocycles. The Bertz CT molecular complexity index is 949. The van der Waals surface area contributed by atoms with Gasteiger partial charge in [0.1, 0.15) is 11.8 Å². The lowest BCUT2D eigenvalue weighted by atomic mass is 10.1. The molecule has 1 fully saturated rings. The average Bonchev–Trinajstić information content (AvgIpc) is 3.31. The van der Waals surface area contributed by atoms with Crippen molar-refractivity contribution >= 4 is 46.8 Å². The zero-order chi connectivity index (χ0) is 23.8. The van der Waals surface area contributed by atoms with Crippen molar-refractivity contribution in [2.24, 2.45) is 0 Å². The molecule has 2 aromatic rings. The fraction of sp³-hybridized carbons (Fsp3) is 0.440. The highest BCUT2D eigenvalue weighted by Crippen LogP contribution is 2.25. The molecule has 1 atom stereocenters. The van der Waals surface area contributed by atoms with Gasteiger partial charge >= 0.3 is 0 Å². The van der Waals surface area contributed by atoms with Gasteiger partial charge in [-0.05, 0) is 55.2 Å². The van der Waals surface area contributed by atoms with Gasteiger partial charge in [-0.25, -0.2) is 0 Å². The highest BCUT2D eigenvalue weighted by Gasteiger charge is 2.28. The number of rotatable bonds is 10. The van der Waals surface area contributed by atoms with Crippen molar-refractivity contribution in [1.29, 1.82) is 0 Å². The molecule has 178 valence electrons. The van der Waals surface area contributed by atoms with E-state index < -0.39 is 6.04 Å². The van der Waals surface area contributed by atoms with Crippen LogP contribution in [0, 0.1) is 0 Å². The van der Waals surface area contributed by atoms with Crippen LogP contribution in [0.4, 0.5) is 0 Å². The maximum absolute atomic E-state index is 13.2. The van der Waals surface area contributed by atoms with Crippen LogP contribution in [0.1, 0.15) is 43.7 Å². The molecule has 3 rings (SSSR count). The van der Waals surface area contributed by atoms with Gasteiger partial charge in [-0.15, -0.1) is 11.8 Å². The number of halogens is 2. The van der Waals surface area contributed by atoms with E-state index in [1.807, 2.05) is 30.3 Å². The molecule has 0 spiro atoms. The molecule has 1 saturated carbocycles. The molecule has 0 radical (unpaired) electrons. The van der Waals surface area contributed by atoms with Gasteiger partial charge in [-0.2, -0.15) is 0 Å². The van der Waals surface area contributed by atoms with Crippen molar-refractivity contribution in [1.82, 2.24) is 10.2 Å². The predicted molar refractivity (Wildman–Crippen MR) is 136 cm³/mol. The van der Waals surface area contributed by atoms with Crippen LogP contribution in [0.2, 0.25) is 10.0 Å². The summed E-state index contributed by atoms with van der Waals surface area (Å²) in [7, 11) is 1.62. The number of hydrogen-bond donors (Lipinski definition) is 1. The number of carbonyl (C=O) groups excluding carboxylic acids is 2. The van der Waals surface area contributed by atoms with E-state index in [0.717, 1.165) is 42.6 Å². The molecule has 0 heterocycles. The maximum Gasteiger partial charge on any atom is 0.242 e. The molecule has 2 aromatic carbocycles. The summed E-state index contributed by atoms with van der Waals surface area (Å²) in [5.74, 6) is 1.39. The molecule has 0 unspecified atom stereocenters. The minimum Gasteiger partial charge on any atom is -0.497 e. The molecule has 0 aromatic heterocycles. The lowest BCUT2D eigenvalue weighted by Crippen LogP contribution is -2.50. The van der Waals surface area contributed by atoms with E-state index in [9.17, 15) is 9.59 Å². The molecule has 5 nitrogen and oxygen atoms in total. The first-order valence-electron chi connectivity index (χ1n) is 11.1. The van der Waals surface area contributed by atoms with Gasteiger partial charge in [0.05, 0.1) is 12.9 Å². The minimum atomic E-state index is -0.570. The van der Waals surface area contributed by atoms with Gasteiger partial charge in [-0.3, -0.25) is 9.59 Å². The highest BCUT2D eigenvalue weighted by atomic mass is 35.5. The summed E-state index contributed by atoms with van der Waals surface area (Å²) in [5, 5.41) is 4.29. The van der Waals surface area contributed by atoms with Gasteiger partial charge in [0.25, 0.3) is 0 Å². The number of thioether (sulfide) groups is 1. The number of nitrogens with one attached hydrogen (secondary N) is 1. The third kappa shape index (κ3) is 7.56. The topological polar surface area (TPSA) is 58.6 Å². The first-order valence-corrected chi connectivity index (χ1v) is 13.0. The van der Waals surface area contributed by atoms with Crippen molar-refractivity contribution in [2.75, 3.05) is 12.9 Å². The lowest BCUT2D eigenvalue weighted by Gasteiger charge is -2.29. The van der Waals surface area contributed by atoms with Crippen LogP contribution in [0.3, 0.4) is 0 Å². The standard InChI is InChI=1S/C25H30Cl2N2O3S/c1-17(25(31)28-21-5-3-4-6-21)29(14-18-7-11-22(32-2)12-8-18)24(30)16-33-15-19-9-10-20(26)13-23(19)27/h7-13,17,21H,3-6,14-16H2,1-2H3,(H,28,31)/t17-/m0/s1. The summed E-state index contributed by atoms with van der Waals surface area (Å²) in [5.41, 5.74) is 1.86. The lowest BCUT2D eigenvalue weighted by molar-refractivity contribution is -0.138. The number of amides is 2. The molecule has 1 aliphatic carbocycles. The summed E-state index contributed by atoms with van der Waals surface area (Å²) in [6, 6.07) is 12.6. The summed E-state index contributed by atoms with van der Waals surface area (Å²) in [6.45, 7) is 2.15. The fourth-order valence-corrected chi connectivity index (χ4v) is 5.34. The first kappa shape index (κ1) is 25.7. The molecule has 0 aliphatic heterocycles. The second-order valence-corrected chi connectivity index (χ2v) is 10.1. The number of nitrogens with zero attached hydrogens (tertiary/aromatic N) is 1. The van der Waals surface area contributed by atoms with Crippen LogP contribution in [-0.2, 0) is 21.9 Å². The quantitative estimate of drug-likeness (QED) is 0.446. The Kier molecular flexibility index (Phi) is 9.78. The average molecular weight is 509 g/mol. The molecule has 33 heavy (non-hydrogen) atoms. The third-order valence-corrected chi connectivity index (χ3v) is 7.43. The highest BCUT2D eigenvalue weighted by molar-refractivity contribution is 7.99. The number of benzene rings is 2. The Hall–Kier alpha value is -1.89. The fourth-order valence-electron chi connectivity index (χ4n) is 3.87. The second kappa shape index (κ2) is 12.5. The van der Waals surface area contributed by atoms with Crippen molar-refractivity contribution in [3.8, 4) is 5.75 Å². The third-order valence-electron chi connectivity index (χ3n) is 5.88. The minimum absolute atomic E-state index is 0.0880.